The smallest absolute Gasteiger partial charge is 0.0120 e. The highest BCUT2D eigenvalue weighted by Crippen LogP contribution is 2.24. The Bertz CT molecular complexity index is 248. The van der Waals surface area contributed by atoms with Crippen LogP contribution in [-0.4, -0.2) is 61.7 Å². The summed E-state index contributed by atoms with van der Waals surface area (Å²) in [5, 5.41) is 3.38. The van der Waals surface area contributed by atoms with Crippen LogP contribution >= 0.6 is 0 Å². The minimum atomic E-state index is 0.897. The van der Waals surface area contributed by atoms with Gasteiger partial charge in [0.05, 0.1) is 0 Å². The molecule has 3 rings (SSSR count). The van der Waals surface area contributed by atoms with Crippen molar-refractivity contribution in [2.75, 3.05) is 45.8 Å². The van der Waals surface area contributed by atoms with Crippen molar-refractivity contribution < 1.29 is 0 Å². The standard InChI is InChI=1S/C15H29N3/c1-13-2-8-18(9-3-13)15-4-6-17(7-5-15)12-14-10-16-11-14/h13-16H,2-12H2,1H3. The zero-order chi connectivity index (χ0) is 12.4. The Morgan fingerprint density at radius 2 is 1.61 bits per heavy atom. The molecule has 0 unspecified atom stereocenters. The van der Waals surface area contributed by atoms with Crippen LogP contribution in [0.15, 0.2) is 0 Å². The fourth-order valence-electron chi connectivity index (χ4n) is 3.70. The quantitative estimate of drug-likeness (QED) is 0.818. The summed E-state index contributed by atoms with van der Waals surface area (Å²) in [6.07, 6.45) is 5.67. The average Bonchev–Trinajstić information content (AvgIpc) is 2.36. The molecule has 0 saturated carbocycles. The van der Waals surface area contributed by atoms with E-state index in [9.17, 15) is 0 Å². The van der Waals surface area contributed by atoms with E-state index in [1.807, 2.05) is 0 Å². The van der Waals surface area contributed by atoms with Crippen LogP contribution in [0.25, 0.3) is 0 Å². The molecule has 0 bridgehead atoms. The van der Waals surface area contributed by atoms with E-state index in [0.717, 1.165) is 17.9 Å². The van der Waals surface area contributed by atoms with Crippen molar-refractivity contribution in [3.63, 3.8) is 0 Å². The molecule has 0 atom stereocenters. The van der Waals surface area contributed by atoms with Gasteiger partial charge >= 0.3 is 0 Å². The molecule has 3 fully saturated rings. The van der Waals surface area contributed by atoms with E-state index >= 15 is 0 Å². The van der Waals surface area contributed by atoms with Crippen LogP contribution in [0.4, 0.5) is 0 Å². The van der Waals surface area contributed by atoms with Gasteiger partial charge in [-0.2, -0.15) is 0 Å². The number of rotatable bonds is 3. The first-order valence-corrected chi connectivity index (χ1v) is 7.98. The molecule has 1 N–H and O–H groups in total. The lowest BCUT2D eigenvalue weighted by Gasteiger charge is -2.42. The lowest BCUT2D eigenvalue weighted by atomic mass is 9.94. The maximum atomic E-state index is 3.38. The Labute approximate surface area is 112 Å². The highest BCUT2D eigenvalue weighted by Gasteiger charge is 2.28. The lowest BCUT2D eigenvalue weighted by Crippen LogP contribution is -2.52. The number of hydrogen-bond acceptors (Lipinski definition) is 3. The average molecular weight is 251 g/mol. The van der Waals surface area contributed by atoms with Crippen LogP contribution < -0.4 is 5.32 Å². The number of piperidine rings is 2. The molecule has 0 aromatic carbocycles. The highest BCUT2D eigenvalue weighted by molar-refractivity contribution is 4.85. The third kappa shape index (κ3) is 3.06. The Hall–Kier alpha value is -0.120. The summed E-state index contributed by atoms with van der Waals surface area (Å²) >= 11 is 0. The van der Waals surface area contributed by atoms with Crippen molar-refractivity contribution in [2.24, 2.45) is 11.8 Å². The van der Waals surface area contributed by atoms with E-state index < -0.39 is 0 Å². The molecule has 3 saturated heterocycles. The summed E-state index contributed by atoms with van der Waals surface area (Å²) in [6, 6.07) is 0.897. The summed E-state index contributed by atoms with van der Waals surface area (Å²) in [7, 11) is 0. The Morgan fingerprint density at radius 3 is 2.17 bits per heavy atom. The predicted molar refractivity (Wildman–Crippen MR) is 75.8 cm³/mol. The fourth-order valence-corrected chi connectivity index (χ4v) is 3.70. The molecule has 18 heavy (non-hydrogen) atoms. The first-order chi connectivity index (χ1) is 8.81. The van der Waals surface area contributed by atoms with Gasteiger partial charge in [-0.15, -0.1) is 0 Å². The van der Waals surface area contributed by atoms with Crippen molar-refractivity contribution in [3.05, 3.63) is 0 Å². The van der Waals surface area contributed by atoms with E-state index in [-0.39, 0.29) is 0 Å². The second kappa shape index (κ2) is 5.89. The summed E-state index contributed by atoms with van der Waals surface area (Å²) in [6.45, 7) is 11.7. The number of nitrogens with one attached hydrogen (secondary N) is 1. The first-order valence-electron chi connectivity index (χ1n) is 7.98. The van der Waals surface area contributed by atoms with E-state index in [4.69, 9.17) is 0 Å². The summed E-state index contributed by atoms with van der Waals surface area (Å²) in [4.78, 5) is 5.48. The number of hydrogen-bond donors (Lipinski definition) is 1. The molecule has 0 aliphatic carbocycles. The van der Waals surface area contributed by atoms with Crippen LogP contribution in [0.5, 0.6) is 0 Å². The molecule has 0 aromatic heterocycles. The summed E-state index contributed by atoms with van der Waals surface area (Å²) in [5.74, 6) is 1.91. The Kier molecular flexibility index (Phi) is 4.22. The molecular formula is C15H29N3. The maximum absolute atomic E-state index is 3.38. The zero-order valence-electron chi connectivity index (χ0n) is 11.9. The molecule has 3 nitrogen and oxygen atoms in total. The van der Waals surface area contributed by atoms with Gasteiger partial charge in [0.1, 0.15) is 0 Å². The molecule has 3 heterocycles. The largest absolute Gasteiger partial charge is 0.316 e. The van der Waals surface area contributed by atoms with Crippen LogP contribution in [0.1, 0.15) is 32.6 Å². The third-order valence-corrected chi connectivity index (χ3v) is 5.27. The second-order valence-electron chi connectivity index (χ2n) is 6.77. The lowest BCUT2D eigenvalue weighted by molar-refractivity contribution is 0.0703. The van der Waals surface area contributed by atoms with E-state index in [1.165, 1.54) is 71.5 Å². The molecule has 0 radical (unpaired) electrons. The monoisotopic (exact) mass is 251 g/mol. The maximum Gasteiger partial charge on any atom is 0.0120 e. The Morgan fingerprint density at radius 1 is 0.944 bits per heavy atom. The van der Waals surface area contributed by atoms with Gasteiger partial charge in [-0.05, 0) is 63.7 Å². The highest BCUT2D eigenvalue weighted by atomic mass is 15.2. The molecule has 0 spiro atoms. The van der Waals surface area contributed by atoms with Gasteiger partial charge in [-0.25, -0.2) is 0 Å². The van der Waals surface area contributed by atoms with E-state index in [1.54, 1.807) is 0 Å². The molecule has 0 amide bonds. The van der Waals surface area contributed by atoms with Crippen molar-refractivity contribution in [3.8, 4) is 0 Å². The summed E-state index contributed by atoms with van der Waals surface area (Å²) < 4.78 is 0. The molecule has 3 aliphatic rings. The summed E-state index contributed by atoms with van der Waals surface area (Å²) in [5.41, 5.74) is 0. The van der Waals surface area contributed by atoms with Crippen LogP contribution in [-0.2, 0) is 0 Å². The molecule has 3 heteroatoms. The number of likely N-dealkylation sites (tertiary alicyclic amines) is 2. The third-order valence-electron chi connectivity index (χ3n) is 5.27. The van der Waals surface area contributed by atoms with Crippen molar-refractivity contribution in [1.82, 2.24) is 15.1 Å². The molecule has 104 valence electrons. The van der Waals surface area contributed by atoms with Gasteiger partial charge in [0.15, 0.2) is 0 Å². The van der Waals surface area contributed by atoms with Gasteiger partial charge in [-0.3, -0.25) is 0 Å². The van der Waals surface area contributed by atoms with Crippen LogP contribution in [0.3, 0.4) is 0 Å². The molecule has 0 aromatic rings. The van der Waals surface area contributed by atoms with Crippen LogP contribution in [0, 0.1) is 11.8 Å². The second-order valence-corrected chi connectivity index (χ2v) is 6.77. The predicted octanol–water partition coefficient (Wildman–Crippen LogP) is 1.40. The fraction of sp³-hybridized carbons (Fsp3) is 1.00. The van der Waals surface area contributed by atoms with Gasteiger partial charge in [-0.1, -0.05) is 6.92 Å². The van der Waals surface area contributed by atoms with Crippen molar-refractivity contribution >= 4 is 0 Å². The SMILES string of the molecule is CC1CCN(C2CCN(CC3CNC3)CC2)CC1. The van der Waals surface area contributed by atoms with E-state index in [2.05, 4.69) is 22.0 Å². The minimum absolute atomic E-state index is 0.897. The van der Waals surface area contributed by atoms with E-state index in [0.29, 0.717) is 0 Å². The topological polar surface area (TPSA) is 18.5 Å². The van der Waals surface area contributed by atoms with Gasteiger partial charge < -0.3 is 15.1 Å². The van der Waals surface area contributed by atoms with Crippen LogP contribution in [0.2, 0.25) is 0 Å². The van der Waals surface area contributed by atoms with Gasteiger partial charge in [0, 0.05) is 25.7 Å². The normalized spacial score (nSPS) is 30.5. The van der Waals surface area contributed by atoms with Gasteiger partial charge in [0.2, 0.25) is 0 Å². The minimum Gasteiger partial charge on any atom is -0.316 e. The molecule has 3 aliphatic heterocycles. The van der Waals surface area contributed by atoms with Crippen molar-refractivity contribution in [2.45, 2.75) is 38.6 Å². The number of nitrogens with zero attached hydrogens (tertiary/aromatic N) is 2. The first kappa shape index (κ1) is 12.9. The molecular weight excluding hydrogens is 222 g/mol. The van der Waals surface area contributed by atoms with Gasteiger partial charge in [0.25, 0.3) is 0 Å². The van der Waals surface area contributed by atoms with Crippen molar-refractivity contribution in [1.29, 1.82) is 0 Å². The zero-order valence-corrected chi connectivity index (χ0v) is 11.9. The Balaban J connectivity index is 1.39.